The molecule has 2 N–H and O–H groups in total. The highest BCUT2D eigenvalue weighted by atomic mass is 19.1. The van der Waals surface area contributed by atoms with Crippen molar-refractivity contribution in [2.24, 2.45) is 5.92 Å². The smallest absolute Gasteiger partial charge is 0.255 e. The summed E-state index contributed by atoms with van der Waals surface area (Å²) in [5.41, 5.74) is 2.45. The minimum Gasteiger partial charge on any atom is -0.312 e. The summed E-state index contributed by atoms with van der Waals surface area (Å²) in [6, 6.07) is 7.27. The normalized spacial score (nSPS) is 17.6. The fraction of sp³-hybridized carbons (Fsp3) is 0.318. The maximum Gasteiger partial charge on any atom is 0.255 e. The van der Waals surface area contributed by atoms with Crippen molar-refractivity contribution >= 4 is 23.3 Å². The van der Waals surface area contributed by atoms with E-state index in [9.17, 15) is 18.8 Å². The van der Waals surface area contributed by atoms with Crippen LogP contribution in [0.15, 0.2) is 35.1 Å². The molecule has 1 aromatic carbocycles. The summed E-state index contributed by atoms with van der Waals surface area (Å²) in [5, 5.41) is 7.19. The third-order valence-electron chi connectivity index (χ3n) is 5.85. The number of benzene rings is 1. The number of hydrogen-bond acceptors (Lipinski definition) is 5. The number of carbonyl (C=O) groups excluding carboxylic acids is 2. The summed E-state index contributed by atoms with van der Waals surface area (Å²) in [4.78, 5) is 46.6. The SMILES string of the molecule is Cc1cc(NC(=O)[C@H]2CC(=O)N(c3ccc(F)cc3)C2)n(-c2nc3c(c(=O)[nH]2)CCC3)n1. The second-order valence-corrected chi connectivity index (χ2v) is 8.12. The lowest BCUT2D eigenvalue weighted by molar-refractivity contribution is -0.122. The fourth-order valence-corrected chi connectivity index (χ4v) is 4.26. The van der Waals surface area contributed by atoms with Gasteiger partial charge in [0.15, 0.2) is 0 Å². The van der Waals surface area contributed by atoms with Gasteiger partial charge in [-0.15, -0.1) is 0 Å². The number of halogens is 1. The lowest BCUT2D eigenvalue weighted by Gasteiger charge is -2.16. The number of rotatable bonds is 4. The minimum atomic E-state index is -0.580. The largest absolute Gasteiger partial charge is 0.312 e. The van der Waals surface area contributed by atoms with Crippen LogP contribution in [0.25, 0.3) is 5.95 Å². The van der Waals surface area contributed by atoms with Crippen molar-refractivity contribution in [2.45, 2.75) is 32.6 Å². The van der Waals surface area contributed by atoms with Gasteiger partial charge in [-0.05, 0) is 50.5 Å². The van der Waals surface area contributed by atoms with E-state index in [1.54, 1.807) is 13.0 Å². The summed E-state index contributed by atoms with van der Waals surface area (Å²) >= 11 is 0. The van der Waals surface area contributed by atoms with Gasteiger partial charge >= 0.3 is 0 Å². The van der Waals surface area contributed by atoms with E-state index in [4.69, 9.17) is 0 Å². The Labute approximate surface area is 182 Å². The molecule has 2 aliphatic rings. The van der Waals surface area contributed by atoms with Crippen LogP contribution in [-0.4, -0.2) is 38.1 Å². The number of hydrogen-bond donors (Lipinski definition) is 2. The summed E-state index contributed by atoms with van der Waals surface area (Å²) in [5.74, 6) is -0.908. The van der Waals surface area contributed by atoms with Gasteiger partial charge in [0.2, 0.25) is 17.8 Å². The van der Waals surface area contributed by atoms with E-state index >= 15 is 0 Å². The molecule has 1 fully saturated rings. The number of aromatic amines is 1. The molecule has 0 unspecified atom stereocenters. The van der Waals surface area contributed by atoms with Crippen LogP contribution in [-0.2, 0) is 22.4 Å². The Morgan fingerprint density at radius 1 is 1.22 bits per heavy atom. The topological polar surface area (TPSA) is 113 Å². The predicted octanol–water partition coefficient (Wildman–Crippen LogP) is 1.88. The van der Waals surface area contributed by atoms with Gasteiger partial charge in [0, 0.05) is 30.3 Å². The fourth-order valence-electron chi connectivity index (χ4n) is 4.26. The van der Waals surface area contributed by atoms with Crippen LogP contribution >= 0.6 is 0 Å². The lowest BCUT2D eigenvalue weighted by atomic mass is 10.1. The van der Waals surface area contributed by atoms with Crippen LogP contribution in [0.4, 0.5) is 15.9 Å². The zero-order chi connectivity index (χ0) is 22.4. The molecule has 2 aromatic heterocycles. The summed E-state index contributed by atoms with van der Waals surface area (Å²) < 4.78 is 14.6. The highest BCUT2D eigenvalue weighted by Gasteiger charge is 2.35. The van der Waals surface area contributed by atoms with Crippen LogP contribution in [0.2, 0.25) is 0 Å². The average molecular weight is 436 g/mol. The second-order valence-electron chi connectivity index (χ2n) is 8.12. The summed E-state index contributed by atoms with van der Waals surface area (Å²) in [6.45, 7) is 1.96. The first-order valence-corrected chi connectivity index (χ1v) is 10.4. The number of aromatic nitrogens is 4. The Bertz CT molecular complexity index is 1280. The molecule has 1 atom stereocenters. The van der Waals surface area contributed by atoms with Crippen molar-refractivity contribution < 1.29 is 14.0 Å². The van der Waals surface area contributed by atoms with Gasteiger partial charge in [0.05, 0.1) is 17.3 Å². The number of fused-ring (bicyclic) bond motifs is 1. The predicted molar refractivity (Wildman–Crippen MR) is 114 cm³/mol. The van der Waals surface area contributed by atoms with E-state index in [0.717, 1.165) is 18.5 Å². The first kappa shape index (κ1) is 20.1. The Morgan fingerprint density at radius 2 is 2.00 bits per heavy atom. The number of amides is 2. The van der Waals surface area contributed by atoms with Crippen molar-refractivity contribution in [1.29, 1.82) is 0 Å². The first-order valence-electron chi connectivity index (χ1n) is 10.4. The van der Waals surface area contributed by atoms with Crippen molar-refractivity contribution in [2.75, 3.05) is 16.8 Å². The standard InChI is InChI=1S/C22H21FN6O3/c1-12-9-18(29(27-12)22-24-17-4-2-3-16(17)21(32)26-22)25-20(31)13-10-19(30)28(11-13)15-7-5-14(23)6-8-15/h5-9,13H,2-4,10-11H2,1H3,(H,25,31)(H,24,26,32)/t13-/m0/s1. The number of carbonyl (C=O) groups is 2. The lowest BCUT2D eigenvalue weighted by Crippen LogP contribution is -2.29. The molecule has 3 heterocycles. The van der Waals surface area contributed by atoms with Crippen LogP contribution in [0, 0.1) is 18.7 Å². The van der Waals surface area contributed by atoms with Gasteiger partial charge in [-0.25, -0.2) is 9.37 Å². The van der Waals surface area contributed by atoms with E-state index < -0.39 is 11.7 Å². The monoisotopic (exact) mass is 436 g/mol. The number of nitrogens with one attached hydrogen (secondary N) is 2. The van der Waals surface area contributed by atoms with Gasteiger partial charge in [-0.3, -0.25) is 19.4 Å². The van der Waals surface area contributed by atoms with Crippen molar-refractivity contribution in [3.05, 3.63) is 63.5 Å². The molecule has 1 aliphatic heterocycles. The molecular formula is C22H21FN6O3. The van der Waals surface area contributed by atoms with Crippen molar-refractivity contribution in [3.8, 4) is 5.95 Å². The molecule has 5 rings (SSSR count). The van der Waals surface area contributed by atoms with E-state index in [1.807, 2.05) is 0 Å². The van der Waals surface area contributed by atoms with E-state index in [-0.39, 0.29) is 36.3 Å². The zero-order valence-corrected chi connectivity index (χ0v) is 17.4. The molecule has 164 valence electrons. The molecular weight excluding hydrogens is 415 g/mol. The third-order valence-corrected chi connectivity index (χ3v) is 5.85. The molecule has 2 amide bonds. The molecule has 9 nitrogen and oxygen atoms in total. The van der Waals surface area contributed by atoms with E-state index in [1.165, 1.54) is 33.8 Å². The molecule has 32 heavy (non-hydrogen) atoms. The van der Waals surface area contributed by atoms with Crippen LogP contribution in [0.3, 0.4) is 0 Å². The van der Waals surface area contributed by atoms with Crippen LogP contribution in [0.1, 0.15) is 29.8 Å². The molecule has 0 bridgehead atoms. The van der Waals surface area contributed by atoms with Gasteiger partial charge in [0.25, 0.3) is 5.56 Å². The Kier molecular flexibility index (Phi) is 4.84. The molecule has 0 saturated carbocycles. The number of nitrogens with zero attached hydrogens (tertiary/aromatic N) is 4. The minimum absolute atomic E-state index is 0.0459. The summed E-state index contributed by atoms with van der Waals surface area (Å²) in [6.07, 6.45) is 2.37. The highest BCUT2D eigenvalue weighted by molar-refractivity contribution is 6.03. The van der Waals surface area contributed by atoms with Crippen LogP contribution < -0.4 is 15.8 Å². The highest BCUT2D eigenvalue weighted by Crippen LogP contribution is 2.27. The quantitative estimate of drug-likeness (QED) is 0.649. The second kappa shape index (κ2) is 7.70. The molecule has 10 heteroatoms. The third kappa shape index (κ3) is 3.57. The molecule has 3 aromatic rings. The average Bonchev–Trinajstić information content (AvgIpc) is 3.47. The number of aryl methyl sites for hydroxylation is 2. The Hall–Kier alpha value is -3.82. The number of H-pyrrole nitrogens is 1. The molecule has 0 spiro atoms. The van der Waals surface area contributed by atoms with E-state index in [2.05, 4.69) is 20.4 Å². The van der Waals surface area contributed by atoms with Gasteiger partial charge in [-0.2, -0.15) is 9.78 Å². The van der Waals surface area contributed by atoms with Crippen molar-refractivity contribution in [1.82, 2.24) is 19.7 Å². The molecule has 0 radical (unpaired) electrons. The Balaban J connectivity index is 1.37. The van der Waals surface area contributed by atoms with Gasteiger partial charge in [0.1, 0.15) is 11.6 Å². The van der Waals surface area contributed by atoms with Crippen LogP contribution in [0.5, 0.6) is 0 Å². The molecule has 1 saturated heterocycles. The number of anilines is 2. The first-order chi connectivity index (χ1) is 15.4. The Morgan fingerprint density at radius 3 is 2.78 bits per heavy atom. The summed E-state index contributed by atoms with van der Waals surface area (Å²) in [7, 11) is 0. The van der Waals surface area contributed by atoms with E-state index in [0.29, 0.717) is 29.2 Å². The van der Waals surface area contributed by atoms with Gasteiger partial charge < -0.3 is 10.2 Å². The van der Waals surface area contributed by atoms with Gasteiger partial charge in [-0.1, -0.05) is 0 Å². The van der Waals surface area contributed by atoms with Crippen molar-refractivity contribution in [3.63, 3.8) is 0 Å². The maximum atomic E-state index is 13.2. The zero-order valence-electron chi connectivity index (χ0n) is 17.4. The molecule has 1 aliphatic carbocycles. The maximum absolute atomic E-state index is 13.2.